The van der Waals surface area contributed by atoms with Gasteiger partial charge in [0.1, 0.15) is 0 Å². The Morgan fingerprint density at radius 1 is 0.966 bits per heavy atom. The van der Waals surface area contributed by atoms with Gasteiger partial charge in [0, 0.05) is 6.20 Å². The molecule has 5 rings (SSSR count). The molecule has 1 aromatic heterocycles. The first-order valence-electron chi connectivity index (χ1n) is 9.33. The first-order chi connectivity index (χ1) is 12.8. The van der Waals surface area contributed by atoms with Crippen molar-refractivity contribution in [3.05, 3.63) is 96.7 Å². The standard InChI is InChI=1S/C17H12N.C8H11.2ClH.Zr/c1-2-7-15-12-16(11-14(15)6-1)18-10-9-13-5-3-4-8-17(13)18;1-2-5-8-6-3-4-7-8;;;/h1-12H;3,6H,2,4-5H2,1H3;2*1H;/q2*-1;;;+4/p-2. The van der Waals surface area contributed by atoms with Crippen LogP contribution in [0.5, 0.6) is 0 Å². The second-order valence-electron chi connectivity index (χ2n) is 6.65. The quantitative estimate of drug-likeness (QED) is 0.371. The Labute approximate surface area is 204 Å². The van der Waals surface area contributed by atoms with Crippen molar-refractivity contribution in [1.82, 2.24) is 4.57 Å². The first kappa shape index (κ1) is 25.6. The van der Waals surface area contributed by atoms with Gasteiger partial charge in [0.05, 0.1) is 5.52 Å². The van der Waals surface area contributed by atoms with Crippen LogP contribution in [-0.4, -0.2) is 4.57 Å². The maximum Gasteiger partial charge on any atom is 4.00 e. The van der Waals surface area contributed by atoms with E-state index in [0.29, 0.717) is 0 Å². The van der Waals surface area contributed by atoms with Crippen LogP contribution in [0.1, 0.15) is 26.2 Å². The monoisotopic (exact) mass is 497 g/mol. The molecule has 0 N–H and O–H groups in total. The number of hydrogen-bond donors (Lipinski definition) is 0. The van der Waals surface area contributed by atoms with Gasteiger partial charge in [0.25, 0.3) is 0 Å². The van der Waals surface area contributed by atoms with Crippen LogP contribution in [0.4, 0.5) is 0 Å². The van der Waals surface area contributed by atoms with Crippen molar-refractivity contribution >= 4 is 21.7 Å². The van der Waals surface area contributed by atoms with Crippen LogP contribution in [0.2, 0.25) is 0 Å². The molecule has 1 aliphatic rings. The Morgan fingerprint density at radius 2 is 1.69 bits per heavy atom. The first-order valence-corrected chi connectivity index (χ1v) is 9.33. The minimum Gasteiger partial charge on any atom is -1.00 e. The van der Waals surface area contributed by atoms with E-state index in [2.05, 4.69) is 103 Å². The van der Waals surface area contributed by atoms with E-state index >= 15 is 0 Å². The molecule has 0 aliphatic heterocycles. The minimum absolute atomic E-state index is 0. The van der Waals surface area contributed by atoms with Gasteiger partial charge in [-0.2, -0.15) is 6.08 Å². The van der Waals surface area contributed by atoms with Gasteiger partial charge < -0.3 is 29.4 Å². The van der Waals surface area contributed by atoms with E-state index in [9.17, 15) is 0 Å². The Hall–Kier alpha value is -1.47. The maximum atomic E-state index is 3.26. The molecule has 0 amide bonds. The molecule has 0 radical (unpaired) electrons. The zero-order valence-electron chi connectivity index (χ0n) is 16.4. The van der Waals surface area contributed by atoms with Gasteiger partial charge >= 0.3 is 26.2 Å². The van der Waals surface area contributed by atoms with Crippen LogP contribution in [0.25, 0.3) is 27.4 Å². The van der Waals surface area contributed by atoms with E-state index in [1.54, 1.807) is 0 Å². The Bertz CT molecular complexity index is 1060. The van der Waals surface area contributed by atoms with Crippen molar-refractivity contribution in [2.45, 2.75) is 26.2 Å². The van der Waals surface area contributed by atoms with E-state index in [4.69, 9.17) is 0 Å². The maximum absolute atomic E-state index is 3.26. The van der Waals surface area contributed by atoms with Crippen LogP contribution >= 0.6 is 0 Å². The number of nitrogens with zero attached hydrogens (tertiary/aromatic N) is 1. The third kappa shape index (κ3) is 6.01. The molecule has 0 atom stereocenters. The number of fused-ring (bicyclic) bond motifs is 2. The number of halogens is 2. The van der Waals surface area contributed by atoms with Crippen molar-refractivity contribution in [3.63, 3.8) is 0 Å². The van der Waals surface area contributed by atoms with Gasteiger partial charge in [0.15, 0.2) is 0 Å². The predicted octanol–water partition coefficient (Wildman–Crippen LogP) is 0.984. The summed E-state index contributed by atoms with van der Waals surface area (Å²) < 4.78 is 2.25. The van der Waals surface area contributed by atoms with Gasteiger partial charge in [-0.15, -0.1) is 47.5 Å². The third-order valence-electron chi connectivity index (χ3n) is 4.77. The fourth-order valence-electron chi connectivity index (χ4n) is 3.47. The summed E-state index contributed by atoms with van der Waals surface area (Å²) in [7, 11) is 0. The Kier molecular flexibility index (Phi) is 10.8. The molecule has 0 saturated carbocycles. The van der Waals surface area contributed by atoms with E-state index in [0.717, 1.165) is 6.42 Å². The number of aromatic nitrogens is 1. The van der Waals surface area contributed by atoms with Crippen molar-refractivity contribution in [2.24, 2.45) is 0 Å². The summed E-state index contributed by atoms with van der Waals surface area (Å²) in [6.45, 7) is 2.20. The molecule has 0 spiro atoms. The molecule has 29 heavy (non-hydrogen) atoms. The molecule has 1 aliphatic carbocycles. The molecule has 1 heterocycles. The van der Waals surface area contributed by atoms with Crippen molar-refractivity contribution in [1.29, 1.82) is 0 Å². The largest absolute Gasteiger partial charge is 4.00 e. The topological polar surface area (TPSA) is 4.93 Å². The van der Waals surface area contributed by atoms with Gasteiger partial charge in [-0.1, -0.05) is 44.0 Å². The van der Waals surface area contributed by atoms with Crippen LogP contribution in [-0.2, 0) is 26.2 Å². The second-order valence-corrected chi connectivity index (χ2v) is 6.65. The van der Waals surface area contributed by atoms with Crippen LogP contribution in [0, 0.1) is 6.08 Å². The molecule has 1 nitrogen and oxygen atoms in total. The second kappa shape index (κ2) is 12.3. The average molecular weight is 500 g/mol. The van der Waals surface area contributed by atoms with E-state index in [1.807, 2.05) is 0 Å². The van der Waals surface area contributed by atoms with E-state index in [1.165, 1.54) is 45.8 Å². The third-order valence-corrected chi connectivity index (χ3v) is 4.77. The van der Waals surface area contributed by atoms with Gasteiger partial charge in [-0.25, -0.2) is 11.6 Å². The fourth-order valence-corrected chi connectivity index (χ4v) is 3.47. The average Bonchev–Trinajstić information content (AvgIpc) is 3.41. The number of para-hydroxylation sites is 1. The Balaban J connectivity index is 0.000000332. The SMILES string of the molecule is CCCC1=[C-]CC=C1.[Cl-].[Cl-].[Zr+4].c1ccc2[cH-]c(-n3ccc4ccccc43)cc2c1. The zero-order valence-corrected chi connectivity index (χ0v) is 20.4. The van der Waals surface area contributed by atoms with E-state index < -0.39 is 0 Å². The summed E-state index contributed by atoms with van der Waals surface area (Å²) >= 11 is 0. The van der Waals surface area contributed by atoms with Gasteiger partial charge in [-0.3, -0.25) is 6.08 Å². The zero-order chi connectivity index (χ0) is 17.8. The molecule has 0 saturated heterocycles. The molecular formula is C25H23Cl2NZr. The van der Waals surface area contributed by atoms with Crippen LogP contribution in [0.15, 0.2) is 90.7 Å². The molecule has 4 heteroatoms. The summed E-state index contributed by atoms with van der Waals surface area (Å²) in [5.41, 5.74) is 3.89. The molecule has 3 aromatic carbocycles. The number of hydrogen-bond acceptors (Lipinski definition) is 0. The fraction of sp³-hybridized carbons (Fsp3) is 0.160. The minimum atomic E-state index is 0. The van der Waals surface area contributed by atoms with Crippen molar-refractivity contribution < 1.29 is 51.0 Å². The van der Waals surface area contributed by atoms with Gasteiger partial charge in [-0.05, 0) is 23.2 Å². The van der Waals surface area contributed by atoms with Crippen LogP contribution < -0.4 is 24.8 Å². The molecule has 0 bridgehead atoms. The number of benzene rings is 2. The Morgan fingerprint density at radius 3 is 2.38 bits per heavy atom. The smallest absolute Gasteiger partial charge is 1.00 e. The summed E-state index contributed by atoms with van der Waals surface area (Å²) in [5.74, 6) is 0. The molecule has 4 aromatic rings. The summed E-state index contributed by atoms with van der Waals surface area (Å²) in [5, 5.41) is 3.87. The summed E-state index contributed by atoms with van der Waals surface area (Å²) in [6, 6.07) is 23.6. The van der Waals surface area contributed by atoms with Gasteiger partial charge in [0.2, 0.25) is 0 Å². The van der Waals surface area contributed by atoms with Crippen molar-refractivity contribution in [3.8, 4) is 5.69 Å². The summed E-state index contributed by atoms with van der Waals surface area (Å²) in [6.07, 6.45) is 13.2. The molecule has 146 valence electrons. The van der Waals surface area contributed by atoms with E-state index in [-0.39, 0.29) is 51.0 Å². The number of rotatable bonds is 3. The molecule has 0 fully saturated rings. The van der Waals surface area contributed by atoms with Crippen LogP contribution in [0.3, 0.4) is 0 Å². The predicted molar refractivity (Wildman–Crippen MR) is 112 cm³/mol. The number of allylic oxidation sites excluding steroid dienone is 4. The molecule has 0 unspecified atom stereocenters. The normalized spacial score (nSPS) is 11.7. The molecular weight excluding hydrogens is 476 g/mol. The van der Waals surface area contributed by atoms with Crippen molar-refractivity contribution in [2.75, 3.05) is 0 Å². The summed E-state index contributed by atoms with van der Waals surface area (Å²) in [4.78, 5) is 0.